The van der Waals surface area contributed by atoms with E-state index in [4.69, 9.17) is 23.1 Å². The maximum absolute atomic E-state index is 13.3. The Morgan fingerprint density at radius 2 is 2.16 bits per heavy atom. The summed E-state index contributed by atoms with van der Waals surface area (Å²) < 4.78 is 15.1. The van der Waals surface area contributed by atoms with Crippen LogP contribution in [0.2, 0.25) is 5.02 Å². The molecule has 0 aliphatic carbocycles. The number of carbonyl (C=O) groups is 1. The first-order chi connectivity index (χ1) is 8.99. The number of aromatic nitrogens is 2. The van der Waals surface area contributed by atoms with Gasteiger partial charge >= 0.3 is 0 Å². The SMILES string of the molecule is NC(=O)CCCCn1c(N)nc2cc(F)c(Cl)cc21. The molecule has 1 amide bonds. The third-order valence-corrected chi connectivity index (χ3v) is 3.16. The number of hydrogen-bond acceptors (Lipinski definition) is 3. The molecule has 0 bridgehead atoms. The Hall–Kier alpha value is -1.82. The molecular weight excluding hydrogens is 271 g/mol. The number of primary amides is 1. The van der Waals surface area contributed by atoms with Crippen LogP contribution in [0, 0.1) is 5.82 Å². The maximum atomic E-state index is 13.3. The second kappa shape index (κ2) is 5.44. The predicted molar refractivity (Wildman–Crippen MR) is 72.2 cm³/mol. The average molecular weight is 285 g/mol. The van der Waals surface area contributed by atoms with Crippen LogP contribution in [0.4, 0.5) is 10.3 Å². The molecule has 1 aromatic heterocycles. The predicted octanol–water partition coefficient (Wildman–Crippen LogP) is 2.07. The van der Waals surface area contributed by atoms with Crippen LogP contribution in [0.15, 0.2) is 12.1 Å². The van der Waals surface area contributed by atoms with E-state index in [0.29, 0.717) is 36.4 Å². The lowest BCUT2D eigenvalue weighted by molar-refractivity contribution is -0.118. The first-order valence-electron chi connectivity index (χ1n) is 5.88. The molecule has 102 valence electrons. The highest BCUT2D eigenvalue weighted by molar-refractivity contribution is 6.31. The Morgan fingerprint density at radius 1 is 1.42 bits per heavy atom. The lowest BCUT2D eigenvalue weighted by Crippen LogP contribution is -2.10. The fourth-order valence-corrected chi connectivity index (χ4v) is 2.10. The summed E-state index contributed by atoms with van der Waals surface area (Å²) in [5.74, 6) is -0.545. The number of amides is 1. The van der Waals surface area contributed by atoms with E-state index < -0.39 is 5.82 Å². The van der Waals surface area contributed by atoms with Crippen molar-refractivity contribution in [1.29, 1.82) is 0 Å². The quantitative estimate of drug-likeness (QED) is 0.824. The van der Waals surface area contributed by atoms with Crippen LogP contribution in [-0.4, -0.2) is 15.5 Å². The zero-order chi connectivity index (χ0) is 14.0. The fraction of sp³-hybridized carbons (Fsp3) is 0.333. The van der Waals surface area contributed by atoms with Crippen LogP contribution in [0.3, 0.4) is 0 Å². The van der Waals surface area contributed by atoms with Crippen molar-refractivity contribution < 1.29 is 9.18 Å². The molecule has 0 saturated carbocycles. The normalized spacial score (nSPS) is 11.1. The van der Waals surface area contributed by atoms with Crippen molar-refractivity contribution in [2.24, 2.45) is 5.73 Å². The number of aryl methyl sites for hydroxylation is 1. The van der Waals surface area contributed by atoms with Gasteiger partial charge in [0.05, 0.1) is 16.1 Å². The third-order valence-electron chi connectivity index (χ3n) is 2.87. The van der Waals surface area contributed by atoms with Crippen LogP contribution in [0.1, 0.15) is 19.3 Å². The van der Waals surface area contributed by atoms with Crippen molar-refractivity contribution in [2.45, 2.75) is 25.8 Å². The molecule has 0 radical (unpaired) electrons. The van der Waals surface area contributed by atoms with Gasteiger partial charge in [-0.15, -0.1) is 0 Å². The molecule has 0 fully saturated rings. The molecule has 4 N–H and O–H groups in total. The largest absolute Gasteiger partial charge is 0.370 e. The molecule has 2 aromatic rings. The molecule has 1 heterocycles. The van der Waals surface area contributed by atoms with E-state index in [1.807, 2.05) is 0 Å². The number of halogens is 2. The molecule has 1 aromatic carbocycles. The minimum Gasteiger partial charge on any atom is -0.370 e. The number of benzene rings is 1. The van der Waals surface area contributed by atoms with Crippen molar-refractivity contribution in [3.05, 3.63) is 23.0 Å². The van der Waals surface area contributed by atoms with Crippen molar-refractivity contribution in [1.82, 2.24) is 9.55 Å². The standard InChI is InChI=1S/C12H14ClFN4O/c13-7-5-10-9(6-8(7)14)17-12(16)18(10)4-2-1-3-11(15)19/h5-6H,1-4H2,(H2,15,19)(H2,16,17). The molecule has 0 aliphatic rings. The number of nitrogens with two attached hydrogens (primary N) is 2. The fourth-order valence-electron chi connectivity index (χ4n) is 1.94. The van der Waals surface area contributed by atoms with E-state index in [9.17, 15) is 9.18 Å². The number of fused-ring (bicyclic) bond motifs is 1. The van der Waals surface area contributed by atoms with Crippen LogP contribution in [-0.2, 0) is 11.3 Å². The summed E-state index contributed by atoms with van der Waals surface area (Å²) in [4.78, 5) is 14.7. The van der Waals surface area contributed by atoms with Crippen LogP contribution in [0.5, 0.6) is 0 Å². The number of anilines is 1. The van der Waals surface area contributed by atoms with Gasteiger partial charge in [0.15, 0.2) is 0 Å². The highest BCUT2D eigenvalue weighted by Crippen LogP contribution is 2.25. The number of hydrogen-bond donors (Lipinski definition) is 2. The van der Waals surface area contributed by atoms with Crippen molar-refractivity contribution in [2.75, 3.05) is 5.73 Å². The Morgan fingerprint density at radius 3 is 2.84 bits per heavy atom. The van der Waals surface area contributed by atoms with E-state index >= 15 is 0 Å². The minimum atomic E-state index is -0.521. The van der Waals surface area contributed by atoms with Crippen molar-refractivity contribution in [3.63, 3.8) is 0 Å². The molecule has 19 heavy (non-hydrogen) atoms. The number of imidazole rings is 1. The minimum absolute atomic E-state index is 0.0331. The third kappa shape index (κ3) is 2.96. The zero-order valence-electron chi connectivity index (χ0n) is 10.2. The Kier molecular flexibility index (Phi) is 3.90. The van der Waals surface area contributed by atoms with Crippen molar-refractivity contribution >= 4 is 34.5 Å². The van der Waals surface area contributed by atoms with Gasteiger partial charge in [0.2, 0.25) is 11.9 Å². The van der Waals surface area contributed by atoms with Gasteiger partial charge in [0.25, 0.3) is 0 Å². The Bertz CT molecular complexity index is 626. The van der Waals surface area contributed by atoms with Crippen LogP contribution in [0.25, 0.3) is 11.0 Å². The monoisotopic (exact) mass is 284 g/mol. The summed E-state index contributed by atoms with van der Waals surface area (Å²) in [5, 5.41) is 0.0331. The van der Waals surface area contributed by atoms with Gasteiger partial charge in [-0.1, -0.05) is 11.6 Å². The van der Waals surface area contributed by atoms with Gasteiger partial charge in [-0.2, -0.15) is 0 Å². The lowest BCUT2D eigenvalue weighted by atomic mass is 10.2. The Balaban J connectivity index is 2.20. The highest BCUT2D eigenvalue weighted by atomic mass is 35.5. The van der Waals surface area contributed by atoms with Gasteiger partial charge in [0.1, 0.15) is 5.82 Å². The highest BCUT2D eigenvalue weighted by Gasteiger charge is 2.11. The van der Waals surface area contributed by atoms with Crippen LogP contribution >= 0.6 is 11.6 Å². The van der Waals surface area contributed by atoms with Crippen LogP contribution < -0.4 is 11.5 Å². The Labute approximate surface area is 114 Å². The summed E-state index contributed by atoms with van der Waals surface area (Å²) in [5.41, 5.74) is 12.0. The smallest absolute Gasteiger partial charge is 0.217 e. The summed E-state index contributed by atoms with van der Waals surface area (Å²) in [6.45, 7) is 0.581. The van der Waals surface area contributed by atoms with E-state index in [-0.39, 0.29) is 10.9 Å². The molecular formula is C12H14ClFN4O. The molecule has 7 heteroatoms. The number of nitrogens with zero attached hydrogens (tertiary/aromatic N) is 2. The lowest BCUT2D eigenvalue weighted by Gasteiger charge is -2.06. The number of carbonyl (C=O) groups excluding carboxylic acids is 1. The van der Waals surface area contributed by atoms with E-state index in [1.165, 1.54) is 12.1 Å². The maximum Gasteiger partial charge on any atom is 0.217 e. The first-order valence-corrected chi connectivity index (χ1v) is 6.26. The molecule has 0 aliphatic heterocycles. The van der Waals surface area contributed by atoms with E-state index in [1.54, 1.807) is 4.57 Å². The summed E-state index contributed by atoms with van der Waals surface area (Å²) in [6.07, 6.45) is 1.74. The molecule has 5 nitrogen and oxygen atoms in total. The molecule has 0 saturated heterocycles. The average Bonchev–Trinajstić information content (AvgIpc) is 2.61. The first kappa shape index (κ1) is 13.6. The van der Waals surface area contributed by atoms with E-state index in [0.717, 1.165) is 6.42 Å². The number of unbranched alkanes of at least 4 members (excludes halogenated alkanes) is 1. The number of rotatable bonds is 5. The van der Waals surface area contributed by atoms with E-state index in [2.05, 4.69) is 4.98 Å². The van der Waals surface area contributed by atoms with Gasteiger partial charge in [-0.05, 0) is 18.9 Å². The molecule has 0 unspecified atom stereocenters. The van der Waals surface area contributed by atoms with Gasteiger partial charge in [-0.25, -0.2) is 9.37 Å². The summed E-state index contributed by atoms with van der Waals surface area (Å²) >= 11 is 5.75. The van der Waals surface area contributed by atoms with Gasteiger partial charge < -0.3 is 16.0 Å². The van der Waals surface area contributed by atoms with Gasteiger partial charge in [0, 0.05) is 19.0 Å². The number of nitrogen functional groups attached to an aromatic ring is 1. The second-order valence-electron chi connectivity index (χ2n) is 4.30. The summed E-state index contributed by atoms with van der Waals surface area (Å²) in [7, 11) is 0. The molecule has 0 atom stereocenters. The molecule has 0 spiro atoms. The molecule has 2 rings (SSSR count). The summed E-state index contributed by atoms with van der Waals surface area (Å²) in [6, 6.07) is 2.76. The zero-order valence-corrected chi connectivity index (χ0v) is 11.0. The van der Waals surface area contributed by atoms with Gasteiger partial charge in [-0.3, -0.25) is 4.79 Å². The van der Waals surface area contributed by atoms with Crippen molar-refractivity contribution in [3.8, 4) is 0 Å². The topological polar surface area (TPSA) is 86.9 Å². The second-order valence-corrected chi connectivity index (χ2v) is 4.71.